The van der Waals surface area contributed by atoms with Gasteiger partial charge in [-0.2, -0.15) is 13.2 Å². The normalized spacial score (nSPS) is 13.6. The molecule has 19 heavy (non-hydrogen) atoms. The molecular weight excluding hydrogens is 255 g/mol. The van der Waals surface area contributed by atoms with Crippen molar-refractivity contribution in [1.29, 1.82) is 0 Å². The Balaban J connectivity index is 2.68. The smallest absolute Gasteiger partial charge is 0.382 e. The quantitative estimate of drug-likeness (QED) is 0.801. The van der Waals surface area contributed by atoms with Crippen molar-refractivity contribution in [2.24, 2.45) is 5.73 Å². The molecule has 108 valence electrons. The number of hydrogen-bond donors (Lipinski definition) is 1. The summed E-state index contributed by atoms with van der Waals surface area (Å²) >= 11 is 0. The van der Waals surface area contributed by atoms with Crippen LogP contribution in [0, 0.1) is 6.92 Å². The van der Waals surface area contributed by atoms with Crippen molar-refractivity contribution in [3.05, 3.63) is 34.9 Å². The fourth-order valence-electron chi connectivity index (χ4n) is 1.97. The van der Waals surface area contributed by atoms with Gasteiger partial charge in [-0.3, -0.25) is 0 Å². The number of nitrogens with two attached hydrogens (primary N) is 1. The predicted molar refractivity (Wildman–Crippen MR) is 68.8 cm³/mol. The molecule has 1 unspecified atom stereocenters. The molecule has 0 bridgehead atoms. The molecule has 0 amide bonds. The Morgan fingerprint density at radius 1 is 1.32 bits per heavy atom. The zero-order chi connectivity index (χ0) is 14.5. The number of alkyl halides is 3. The van der Waals surface area contributed by atoms with Gasteiger partial charge in [0.15, 0.2) is 0 Å². The molecule has 0 aliphatic rings. The Hall–Kier alpha value is -1.07. The van der Waals surface area contributed by atoms with Gasteiger partial charge in [-0.1, -0.05) is 6.07 Å². The van der Waals surface area contributed by atoms with Gasteiger partial charge in [-0.25, -0.2) is 0 Å². The highest BCUT2D eigenvalue weighted by Crippen LogP contribution is 2.31. The number of aryl methyl sites for hydroxylation is 1. The molecule has 0 aliphatic heterocycles. The minimum absolute atomic E-state index is 0.247. The van der Waals surface area contributed by atoms with Crippen LogP contribution in [0.3, 0.4) is 0 Å². The first-order valence-corrected chi connectivity index (χ1v) is 6.37. The summed E-state index contributed by atoms with van der Waals surface area (Å²) in [4.78, 5) is 0. The molecule has 5 heteroatoms. The number of benzene rings is 1. The van der Waals surface area contributed by atoms with Crippen molar-refractivity contribution < 1.29 is 17.9 Å². The fraction of sp³-hybridized carbons (Fsp3) is 0.571. The fourth-order valence-corrected chi connectivity index (χ4v) is 1.97. The van der Waals surface area contributed by atoms with Crippen LogP contribution in [0.1, 0.15) is 42.5 Å². The Labute approximate surface area is 111 Å². The van der Waals surface area contributed by atoms with Gasteiger partial charge in [-0.05, 0) is 49.9 Å². The molecule has 0 radical (unpaired) electrons. The summed E-state index contributed by atoms with van der Waals surface area (Å²) < 4.78 is 42.8. The summed E-state index contributed by atoms with van der Waals surface area (Å²) in [6.45, 7) is 4.87. The summed E-state index contributed by atoms with van der Waals surface area (Å²) in [6, 6.07) is 3.47. The lowest BCUT2D eigenvalue weighted by Gasteiger charge is -2.16. The molecule has 0 saturated heterocycles. The van der Waals surface area contributed by atoms with Gasteiger partial charge in [0, 0.05) is 19.3 Å². The highest BCUT2D eigenvalue weighted by molar-refractivity contribution is 5.34. The van der Waals surface area contributed by atoms with Crippen LogP contribution in [0.15, 0.2) is 18.2 Å². The molecule has 1 rings (SSSR count). The van der Waals surface area contributed by atoms with Gasteiger partial charge in [0.1, 0.15) is 0 Å². The highest BCUT2D eigenvalue weighted by atomic mass is 19.4. The van der Waals surface area contributed by atoms with Gasteiger partial charge in [0.2, 0.25) is 0 Å². The minimum atomic E-state index is -4.30. The van der Waals surface area contributed by atoms with Crippen LogP contribution in [0.4, 0.5) is 13.2 Å². The van der Waals surface area contributed by atoms with E-state index in [0.29, 0.717) is 25.2 Å². The molecule has 1 aromatic rings. The van der Waals surface area contributed by atoms with E-state index in [1.54, 1.807) is 6.92 Å². The van der Waals surface area contributed by atoms with Crippen molar-refractivity contribution in [1.82, 2.24) is 0 Å². The van der Waals surface area contributed by atoms with Crippen LogP contribution < -0.4 is 5.73 Å². The van der Waals surface area contributed by atoms with Crippen LogP contribution in [-0.2, 0) is 10.9 Å². The van der Waals surface area contributed by atoms with E-state index >= 15 is 0 Å². The monoisotopic (exact) mass is 275 g/mol. The molecule has 1 aromatic carbocycles. The molecule has 0 spiro atoms. The van der Waals surface area contributed by atoms with E-state index in [0.717, 1.165) is 24.1 Å². The van der Waals surface area contributed by atoms with Crippen LogP contribution in [-0.4, -0.2) is 13.2 Å². The molecule has 0 aromatic heterocycles. The van der Waals surface area contributed by atoms with E-state index in [-0.39, 0.29) is 6.04 Å². The lowest BCUT2D eigenvalue weighted by molar-refractivity contribution is -0.137. The molecule has 0 saturated carbocycles. The maximum absolute atomic E-state index is 12.5. The predicted octanol–water partition coefficient (Wildman–Crippen LogP) is 3.83. The van der Waals surface area contributed by atoms with Crippen LogP contribution >= 0.6 is 0 Å². The average Bonchev–Trinajstić information content (AvgIpc) is 2.33. The highest BCUT2D eigenvalue weighted by Gasteiger charge is 2.30. The first kappa shape index (κ1) is 16.0. The van der Waals surface area contributed by atoms with Crippen molar-refractivity contribution >= 4 is 0 Å². The topological polar surface area (TPSA) is 35.2 Å². The molecule has 1 atom stereocenters. The van der Waals surface area contributed by atoms with E-state index < -0.39 is 11.7 Å². The van der Waals surface area contributed by atoms with Crippen LogP contribution in [0.25, 0.3) is 0 Å². The molecule has 0 aliphatic carbocycles. The summed E-state index contributed by atoms with van der Waals surface area (Å²) in [6.07, 6.45) is -2.80. The lowest BCUT2D eigenvalue weighted by Crippen LogP contribution is -2.14. The van der Waals surface area contributed by atoms with E-state index in [2.05, 4.69) is 0 Å². The third-order valence-electron chi connectivity index (χ3n) is 3.00. The SMILES string of the molecule is CCOCCCC(N)c1ccc(C(F)(F)F)cc1C. The zero-order valence-corrected chi connectivity index (χ0v) is 11.3. The average molecular weight is 275 g/mol. The second-order valence-corrected chi connectivity index (χ2v) is 4.51. The van der Waals surface area contributed by atoms with E-state index in [1.165, 1.54) is 6.07 Å². The molecule has 2 nitrogen and oxygen atoms in total. The molecule has 2 N–H and O–H groups in total. The van der Waals surface area contributed by atoms with Gasteiger partial charge in [-0.15, -0.1) is 0 Å². The summed E-state index contributed by atoms with van der Waals surface area (Å²) in [5, 5.41) is 0. The maximum Gasteiger partial charge on any atom is 0.416 e. The van der Waals surface area contributed by atoms with Crippen molar-refractivity contribution in [3.63, 3.8) is 0 Å². The number of ether oxygens (including phenoxy) is 1. The number of hydrogen-bond acceptors (Lipinski definition) is 2. The van der Waals surface area contributed by atoms with Gasteiger partial charge >= 0.3 is 6.18 Å². The van der Waals surface area contributed by atoms with Crippen LogP contribution in [0.5, 0.6) is 0 Å². The Bertz CT molecular complexity index is 404. The number of rotatable bonds is 6. The second-order valence-electron chi connectivity index (χ2n) is 4.51. The van der Waals surface area contributed by atoms with Crippen molar-refractivity contribution in [3.8, 4) is 0 Å². The minimum Gasteiger partial charge on any atom is -0.382 e. The largest absolute Gasteiger partial charge is 0.416 e. The summed E-state index contributed by atoms with van der Waals surface area (Å²) in [5.41, 5.74) is 6.72. The van der Waals surface area contributed by atoms with Crippen LogP contribution in [0.2, 0.25) is 0 Å². The van der Waals surface area contributed by atoms with Crippen molar-refractivity contribution in [2.45, 2.75) is 38.9 Å². The third-order valence-corrected chi connectivity index (χ3v) is 3.00. The van der Waals surface area contributed by atoms with Gasteiger partial charge in [0.25, 0.3) is 0 Å². The summed E-state index contributed by atoms with van der Waals surface area (Å²) in [7, 11) is 0. The van der Waals surface area contributed by atoms with E-state index in [1.807, 2.05) is 6.92 Å². The van der Waals surface area contributed by atoms with Gasteiger partial charge < -0.3 is 10.5 Å². The van der Waals surface area contributed by atoms with E-state index in [4.69, 9.17) is 10.5 Å². The van der Waals surface area contributed by atoms with Crippen molar-refractivity contribution in [2.75, 3.05) is 13.2 Å². The zero-order valence-electron chi connectivity index (χ0n) is 11.3. The first-order valence-electron chi connectivity index (χ1n) is 6.37. The third kappa shape index (κ3) is 4.84. The lowest BCUT2D eigenvalue weighted by atomic mass is 9.96. The maximum atomic E-state index is 12.5. The first-order chi connectivity index (χ1) is 8.86. The molecule has 0 fully saturated rings. The Kier molecular flexibility index (Phi) is 5.82. The standard InChI is InChI=1S/C14H20F3NO/c1-3-19-8-4-5-13(18)12-7-6-11(9-10(12)2)14(15,16)17/h6-7,9,13H,3-5,8,18H2,1-2H3. The summed E-state index contributed by atoms with van der Waals surface area (Å²) in [5.74, 6) is 0. The Morgan fingerprint density at radius 3 is 2.53 bits per heavy atom. The Morgan fingerprint density at radius 2 is 2.00 bits per heavy atom. The van der Waals surface area contributed by atoms with Gasteiger partial charge in [0.05, 0.1) is 5.56 Å². The van der Waals surface area contributed by atoms with E-state index in [9.17, 15) is 13.2 Å². The molecular formula is C14H20F3NO. The number of halogens is 3. The molecule has 0 heterocycles. The second kappa shape index (κ2) is 6.91.